The molecule has 6 nitrogen and oxygen atoms in total. The van der Waals surface area contributed by atoms with Crippen molar-refractivity contribution in [3.05, 3.63) is 83.0 Å². The lowest BCUT2D eigenvalue weighted by molar-refractivity contribution is 0.0600. The molecule has 0 aliphatic carbocycles. The number of benzene rings is 2. The zero-order valence-electron chi connectivity index (χ0n) is 14.4. The summed E-state index contributed by atoms with van der Waals surface area (Å²) in [4.78, 5) is 27.9. The third-order valence-corrected chi connectivity index (χ3v) is 3.96. The minimum atomic E-state index is -0.388. The van der Waals surface area contributed by atoms with Crippen LogP contribution in [0, 0.1) is 0 Å². The maximum absolute atomic E-state index is 12.2. The van der Waals surface area contributed by atoms with E-state index < -0.39 is 0 Å². The summed E-state index contributed by atoms with van der Waals surface area (Å²) in [5.41, 5.74) is 2.32. The van der Waals surface area contributed by atoms with Gasteiger partial charge in [0.25, 0.3) is 5.91 Å². The third kappa shape index (κ3) is 4.83. The first kappa shape index (κ1) is 18.4. The molecule has 136 valence electrons. The first-order valence-electron chi connectivity index (χ1n) is 8.03. The number of rotatable bonds is 5. The number of hydrogen-bond acceptors (Lipinski definition) is 5. The molecule has 0 unspecified atom stereocenters. The highest BCUT2D eigenvalue weighted by molar-refractivity contribution is 6.30. The van der Waals surface area contributed by atoms with E-state index in [0.29, 0.717) is 27.7 Å². The Morgan fingerprint density at radius 2 is 1.52 bits per heavy atom. The maximum atomic E-state index is 12.2. The van der Waals surface area contributed by atoms with Gasteiger partial charge in [-0.05, 0) is 60.7 Å². The molecule has 3 rings (SSSR count). The van der Waals surface area contributed by atoms with Crippen LogP contribution < -0.4 is 10.6 Å². The second-order valence-electron chi connectivity index (χ2n) is 5.59. The Morgan fingerprint density at radius 3 is 2.11 bits per heavy atom. The van der Waals surface area contributed by atoms with Gasteiger partial charge >= 0.3 is 5.97 Å². The SMILES string of the molecule is COC(=O)c1ccc(Nc2ccc(NC(=O)c3ccc(Cl)cc3)cn2)cc1. The zero-order chi connectivity index (χ0) is 19.2. The minimum absolute atomic E-state index is 0.243. The Balaban J connectivity index is 1.62. The predicted octanol–water partition coefficient (Wildman–Crippen LogP) is 4.52. The van der Waals surface area contributed by atoms with E-state index in [2.05, 4.69) is 20.4 Å². The molecule has 0 aliphatic rings. The fourth-order valence-corrected chi connectivity index (χ4v) is 2.43. The lowest BCUT2D eigenvalue weighted by Gasteiger charge is -2.08. The number of carbonyl (C=O) groups is 2. The average molecular weight is 382 g/mol. The molecule has 0 fully saturated rings. The molecule has 27 heavy (non-hydrogen) atoms. The number of nitrogens with zero attached hydrogens (tertiary/aromatic N) is 1. The Morgan fingerprint density at radius 1 is 0.889 bits per heavy atom. The van der Waals surface area contributed by atoms with E-state index in [1.807, 2.05) is 0 Å². The summed E-state index contributed by atoms with van der Waals surface area (Å²) >= 11 is 5.82. The lowest BCUT2D eigenvalue weighted by Crippen LogP contribution is -2.11. The van der Waals surface area contributed by atoms with E-state index in [1.165, 1.54) is 7.11 Å². The molecule has 0 aliphatic heterocycles. The van der Waals surface area contributed by atoms with Crippen molar-refractivity contribution < 1.29 is 14.3 Å². The van der Waals surface area contributed by atoms with Crippen LogP contribution in [0.1, 0.15) is 20.7 Å². The van der Waals surface area contributed by atoms with Crippen molar-refractivity contribution in [1.29, 1.82) is 0 Å². The van der Waals surface area contributed by atoms with E-state index in [0.717, 1.165) is 5.69 Å². The number of methoxy groups -OCH3 is 1. The summed E-state index contributed by atoms with van der Waals surface area (Å²) in [7, 11) is 1.34. The third-order valence-electron chi connectivity index (χ3n) is 3.71. The molecule has 1 amide bonds. The Kier molecular flexibility index (Phi) is 5.68. The van der Waals surface area contributed by atoms with Crippen LogP contribution in [0.5, 0.6) is 0 Å². The molecule has 3 aromatic rings. The van der Waals surface area contributed by atoms with E-state index in [9.17, 15) is 9.59 Å². The van der Waals surface area contributed by atoms with Crippen molar-refractivity contribution in [2.45, 2.75) is 0 Å². The summed E-state index contributed by atoms with van der Waals surface area (Å²) in [5.74, 6) is -0.0293. The highest BCUT2D eigenvalue weighted by atomic mass is 35.5. The van der Waals surface area contributed by atoms with Gasteiger partial charge in [-0.3, -0.25) is 4.79 Å². The molecule has 1 heterocycles. The number of ether oxygens (including phenoxy) is 1. The number of nitrogens with one attached hydrogen (secondary N) is 2. The molecular formula is C20H16ClN3O3. The molecule has 0 atom stereocenters. The van der Waals surface area contributed by atoms with Gasteiger partial charge in [0, 0.05) is 16.3 Å². The lowest BCUT2D eigenvalue weighted by atomic mass is 10.2. The summed E-state index contributed by atoms with van der Waals surface area (Å²) < 4.78 is 4.66. The average Bonchev–Trinajstić information content (AvgIpc) is 2.70. The summed E-state index contributed by atoms with van der Waals surface area (Å²) in [5, 5.41) is 6.46. The minimum Gasteiger partial charge on any atom is -0.465 e. The molecule has 0 saturated carbocycles. The molecule has 7 heteroatoms. The molecule has 0 spiro atoms. The van der Waals surface area contributed by atoms with E-state index >= 15 is 0 Å². The van der Waals surface area contributed by atoms with Crippen LogP contribution in [-0.2, 0) is 4.74 Å². The highest BCUT2D eigenvalue weighted by Crippen LogP contribution is 2.18. The van der Waals surface area contributed by atoms with Crippen LogP contribution in [0.3, 0.4) is 0 Å². The van der Waals surface area contributed by atoms with Gasteiger partial charge in [-0.2, -0.15) is 0 Å². The van der Waals surface area contributed by atoms with Crippen molar-refractivity contribution >= 4 is 40.7 Å². The van der Waals surface area contributed by atoms with Gasteiger partial charge in [0.2, 0.25) is 0 Å². The largest absolute Gasteiger partial charge is 0.465 e. The molecule has 0 radical (unpaired) electrons. The zero-order valence-corrected chi connectivity index (χ0v) is 15.2. The molecular weight excluding hydrogens is 366 g/mol. The van der Waals surface area contributed by atoms with Gasteiger partial charge in [0.05, 0.1) is 24.6 Å². The molecule has 1 aromatic heterocycles. The second kappa shape index (κ2) is 8.33. The number of anilines is 3. The molecule has 0 bridgehead atoms. The quantitative estimate of drug-likeness (QED) is 0.635. The van der Waals surface area contributed by atoms with Crippen molar-refractivity contribution in [3.63, 3.8) is 0 Å². The number of carbonyl (C=O) groups excluding carboxylic acids is 2. The van der Waals surface area contributed by atoms with Crippen LogP contribution in [-0.4, -0.2) is 24.0 Å². The normalized spacial score (nSPS) is 10.1. The number of amides is 1. The highest BCUT2D eigenvalue weighted by Gasteiger charge is 2.07. The maximum Gasteiger partial charge on any atom is 0.337 e. The number of pyridine rings is 1. The monoisotopic (exact) mass is 381 g/mol. The summed E-state index contributed by atoms with van der Waals surface area (Å²) in [6, 6.07) is 16.9. The van der Waals surface area contributed by atoms with Crippen molar-refractivity contribution in [3.8, 4) is 0 Å². The van der Waals surface area contributed by atoms with Gasteiger partial charge in [-0.25, -0.2) is 9.78 Å². The number of halogens is 1. The fourth-order valence-electron chi connectivity index (χ4n) is 2.30. The Labute approximate surface area is 161 Å². The molecule has 2 N–H and O–H groups in total. The number of esters is 1. The van der Waals surface area contributed by atoms with Gasteiger partial charge in [-0.1, -0.05) is 11.6 Å². The smallest absolute Gasteiger partial charge is 0.337 e. The van der Waals surface area contributed by atoms with Crippen LogP contribution in [0.25, 0.3) is 0 Å². The van der Waals surface area contributed by atoms with E-state index in [-0.39, 0.29) is 11.9 Å². The topological polar surface area (TPSA) is 80.3 Å². The van der Waals surface area contributed by atoms with Crippen LogP contribution in [0.2, 0.25) is 5.02 Å². The van der Waals surface area contributed by atoms with Gasteiger partial charge in [0.15, 0.2) is 0 Å². The van der Waals surface area contributed by atoms with E-state index in [4.69, 9.17) is 11.6 Å². The van der Waals surface area contributed by atoms with Crippen LogP contribution in [0.15, 0.2) is 66.9 Å². The van der Waals surface area contributed by atoms with Crippen molar-refractivity contribution in [2.24, 2.45) is 0 Å². The van der Waals surface area contributed by atoms with Gasteiger partial charge in [-0.15, -0.1) is 0 Å². The van der Waals surface area contributed by atoms with Crippen molar-refractivity contribution in [2.75, 3.05) is 17.7 Å². The summed E-state index contributed by atoms with van der Waals surface area (Å²) in [6.45, 7) is 0. The standard InChI is InChI=1S/C20H16ClN3O3/c1-27-20(26)14-4-8-16(9-5-14)23-18-11-10-17(12-22-18)24-19(25)13-2-6-15(21)7-3-13/h2-12H,1H3,(H,22,23)(H,24,25). The Bertz CT molecular complexity index is 940. The fraction of sp³-hybridized carbons (Fsp3) is 0.0500. The van der Waals surface area contributed by atoms with Gasteiger partial charge in [0.1, 0.15) is 5.82 Å². The van der Waals surface area contributed by atoms with Crippen molar-refractivity contribution in [1.82, 2.24) is 4.98 Å². The first-order valence-corrected chi connectivity index (χ1v) is 8.41. The Hall–Kier alpha value is -3.38. The molecule has 0 saturated heterocycles. The van der Waals surface area contributed by atoms with E-state index in [1.54, 1.807) is 66.9 Å². The molecule has 2 aromatic carbocycles. The number of hydrogen-bond donors (Lipinski definition) is 2. The summed E-state index contributed by atoms with van der Waals surface area (Å²) in [6.07, 6.45) is 1.55. The predicted molar refractivity (Wildman–Crippen MR) is 105 cm³/mol. The second-order valence-corrected chi connectivity index (χ2v) is 6.02. The van der Waals surface area contributed by atoms with Crippen LogP contribution >= 0.6 is 11.6 Å². The van der Waals surface area contributed by atoms with Gasteiger partial charge < -0.3 is 15.4 Å². The first-order chi connectivity index (χ1) is 13.0. The van der Waals surface area contributed by atoms with Crippen LogP contribution in [0.4, 0.5) is 17.2 Å². The number of aromatic nitrogens is 1.